The molecule has 43 heavy (non-hydrogen) atoms. The Balaban J connectivity index is 1.22. The summed E-state index contributed by atoms with van der Waals surface area (Å²) in [6, 6.07) is 53.0. The van der Waals surface area contributed by atoms with Gasteiger partial charge in [0.05, 0.1) is 22.8 Å². The number of para-hydroxylation sites is 1. The molecular formula is C40H29N3. The van der Waals surface area contributed by atoms with E-state index >= 15 is 0 Å². The van der Waals surface area contributed by atoms with E-state index in [9.17, 15) is 0 Å². The van der Waals surface area contributed by atoms with Gasteiger partial charge in [0.25, 0.3) is 0 Å². The number of benzene rings is 7. The van der Waals surface area contributed by atoms with Gasteiger partial charge >= 0.3 is 0 Å². The highest BCUT2D eigenvalue weighted by Gasteiger charge is 2.17. The van der Waals surface area contributed by atoms with Crippen LogP contribution in [-0.2, 0) is 0 Å². The molecule has 0 aliphatic rings. The van der Waals surface area contributed by atoms with Crippen molar-refractivity contribution in [3.8, 4) is 5.69 Å². The topological polar surface area (TPSA) is 43.3 Å². The standard InChI is InChI=1S/C40H29N3/c41-40(30-12-2-1-3-13-30)34-16-8-9-17-35(34)42-26-27-18-22-31(23-19-27)43-36-24-20-28-10-4-6-14-32(28)38(36)39-33-15-7-5-11-29(33)21-25-37(39)43/h1-26,40H,41H2/b42-26+. The van der Waals surface area contributed by atoms with Crippen LogP contribution >= 0.6 is 0 Å². The predicted molar refractivity (Wildman–Crippen MR) is 182 cm³/mol. The molecule has 0 aliphatic heterocycles. The van der Waals surface area contributed by atoms with E-state index in [1.165, 1.54) is 43.4 Å². The van der Waals surface area contributed by atoms with E-state index in [-0.39, 0.29) is 6.04 Å². The summed E-state index contributed by atoms with van der Waals surface area (Å²) in [7, 11) is 0. The normalized spacial score (nSPS) is 12.6. The van der Waals surface area contributed by atoms with Gasteiger partial charge in [0.15, 0.2) is 0 Å². The zero-order valence-corrected chi connectivity index (χ0v) is 23.6. The van der Waals surface area contributed by atoms with Gasteiger partial charge in [-0.05, 0) is 68.6 Å². The molecule has 2 N–H and O–H groups in total. The lowest BCUT2D eigenvalue weighted by Crippen LogP contribution is -2.11. The number of nitrogens with zero attached hydrogens (tertiary/aromatic N) is 2. The van der Waals surface area contributed by atoms with Crippen molar-refractivity contribution in [1.29, 1.82) is 0 Å². The van der Waals surface area contributed by atoms with Crippen molar-refractivity contribution in [2.45, 2.75) is 6.04 Å². The van der Waals surface area contributed by atoms with Gasteiger partial charge in [-0.25, -0.2) is 0 Å². The first-order chi connectivity index (χ1) is 21.3. The fourth-order valence-electron chi connectivity index (χ4n) is 6.39. The van der Waals surface area contributed by atoms with Crippen LogP contribution in [0.1, 0.15) is 22.7 Å². The summed E-state index contributed by atoms with van der Waals surface area (Å²) in [5, 5.41) is 7.64. The van der Waals surface area contributed by atoms with Gasteiger partial charge in [-0.3, -0.25) is 4.99 Å². The first-order valence-electron chi connectivity index (χ1n) is 14.6. The molecule has 3 nitrogen and oxygen atoms in total. The minimum Gasteiger partial charge on any atom is -0.320 e. The maximum atomic E-state index is 6.64. The molecular weight excluding hydrogens is 522 g/mol. The lowest BCUT2D eigenvalue weighted by molar-refractivity contribution is 0.872. The maximum Gasteiger partial charge on any atom is 0.0681 e. The average Bonchev–Trinajstić information content (AvgIpc) is 3.43. The molecule has 1 atom stereocenters. The zero-order valence-electron chi connectivity index (χ0n) is 23.6. The Morgan fingerprint density at radius 2 is 1.09 bits per heavy atom. The van der Waals surface area contributed by atoms with Gasteiger partial charge < -0.3 is 10.3 Å². The third kappa shape index (κ3) is 4.30. The minimum absolute atomic E-state index is 0.237. The number of aliphatic imine (C=N–C) groups is 1. The van der Waals surface area contributed by atoms with Crippen molar-refractivity contribution in [3.05, 3.63) is 168 Å². The smallest absolute Gasteiger partial charge is 0.0681 e. The molecule has 1 aromatic heterocycles. The van der Waals surface area contributed by atoms with Crippen LogP contribution in [0, 0.1) is 0 Å². The third-order valence-corrected chi connectivity index (χ3v) is 8.48. The average molecular weight is 552 g/mol. The van der Waals surface area contributed by atoms with E-state index < -0.39 is 0 Å². The largest absolute Gasteiger partial charge is 0.320 e. The second-order valence-corrected chi connectivity index (χ2v) is 11.0. The molecule has 0 saturated heterocycles. The molecule has 8 aromatic rings. The third-order valence-electron chi connectivity index (χ3n) is 8.48. The molecule has 1 unspecified atom stereocenters. The Morgan fingerprint density at radius 3 is 1.74 bits per heavy atom. The summed E-state index contributed by atoms with van der Waals surface area (Å²) in [6.45, 7) is 0. The van der Waals surface area contributed by atoms with Gasteiger partial charge in [-0.2, -0.15) is 0 Å². The van der Waals surface area contributed by atoms with Crippen LogP contribution in [0.2, 0.25) is 0 Å². The molecule has 7 aromatic carbocycles. The molecule has 1 heterocycles. The SMILES string of the molecule is NC(c1ccccc1)c1ccccc1/N=C/c1ccc(-n2c3ccc4ccccc4c3c3c4ccccc4ccc32)cc1. The quantitative estimate of drug-likeness (QED) is 0.213. The molecule has 0 radical (unpaired) electrons. The molecule has 8 rings (SSSR count). The highest BCUT2D eigenvalue weighted by Crippen LogP contribution is 2.40. The van der Waals surface area contributed by atoms with Crippen LogP contribution in [0.4, 0.5) is 5.69 Å². The van der Waals surface area contributed by atoms with E-state index in [2.05, 4.69) is 120 Å². The number of aromatic nitrogens is 1. The summed E-state index contributed by atoms with van der Waals surface area (Å²) in [5.74, 6) is 0. The number of hydrogen-bond donors (Lipinski definition) is 1. The summed E-state index contributed by atoms with van der Waals surface area (Å²) < 4.78 is 2.39. The highest BCUT2D eigenvalue weighted by molar-refractivity contribution is 6.28. The van der Waals surface area contributed by atoms with Crippen molar-refractivity contribution in [2.75, 3.05) is 0 Å². The molecule has 0 amide bonds. The van der Waals surface area contributed by atoms with Crippen LogP contribution in [0.3, 0.4) is 0 Å². The summed E-state index contributed by atoms with van der Waals surface area (Å²) in [6.07, 6.45) is 1.92. The highest BCUT2D eigenvalue weighted by atomic mass is 15.0. The van der Waals surface area contributed by atoms with Crippen molar-refractivity contribution in [1.82, 2.24) is 4.57 Å². The van der Waals surface area contributed by atoms with Crippen LogP contribution in [0.15, 0.2) is 157 Å². The molecule has 0 aliphatic carbocycles. The lowest BCUT2D eigenvalue weighted by atomic mass is 9.98. The van der Waals surface area contributed by atoms with Crippen molar-refractivity contribution in [3.63, 3.8) is 0 Å². The molecule has 3 heteroatoms. The van der Waals surface area contributed by atoms with E-state index in [0.717, 1.165) is 28.1 Å². The van der Waals surface area contributed by atoms with Gasteiger partial charge in [0.1, 0.15) is 0 Å². The van der Waals surface area contributed by atoms with E-state index in [1.54, 1.807) is 0 Å². The second kappa shape index (κ2) is 10.4. The number of nitrogens with two attached hydrogens (primary N) is 1. The van der Waals surface area contributed by atoms with E-state index in [1.807, 2.05) is 42.6 Å². The Kier molecular flexibility index (Phi) is 6.10. The van der Waals surface area contributed by atoms with E-state index in [4.69, 9.17) is 10.7 Å². The maximum absolute atomic E-state index is 6.64. The lowest BCUT2D eigenvalue weighted by Gasteiger charge is -2.14. The summed E-state index contributed by atoms with van der Waals surface area (Å²) in [5.41, 5.74) is 14.2. The van der Waals surface area contributed by atoms with Crippen LogP contribution in [-0.4, -0.2) is 10.8 Å². The Hall–Kier alpha value is -5.51. The van der Waals surface area contributed by atoms with E-state index in [0.29, 0.717) is 0 Å². The first kappa shape index (κ1) is 25.2. The van der Waals surface area contributed by atoms with Gasteiger partial charge in [-0.15, -0.1) is 0 Å². The fraction of sp³-hybridized carbons (Fsp3) is 0.0250. The Labute approximate surface area is 250 Å². The van der Waals surface area contributed by atoms with Crippen LogP contribution in [0.25, 0.3) is 49.0 Å². The van der Waals surface area contributed by atoms with Crippen molar-refractivity contribution in [2.24, 2.45) is 10.7 Å². The molecule has 0 saturated carbocycles. The number of hydrogen-bond acceptors (Lipinski definition) is 2. The van der Waals surface area contributed by atoms with Gasteiger partial charge in [0.2, 0.25) is 0 Å². The monoisotopic (exact) mass is 551 g/mol. The molecule has 204 valence electrons. The molecule has 0 bridgehead atoms. The second-order valence-electron chi connectivity index (χ2n) is 11.0. The van der Waals surface area contributed by atoms with Crippen molar-refractivity contribution < 1.29 is 0 Å². The first-order valence-corrected chi connectivity index (χ1v) is 14.6. The van der Waals surface area contributed by atoms with Crippen molar-refractivity contribution >= 4 is 55.3 Å². The predicted octanol–water partition coefficient (Wildman–Crippen LogP) is 9.89. The number of rotatable bonds is 5. The number of fused-ring (bicyclic) bond motifs is 7. The summed E-state index contributed by atoms with van der Waals surface area (Å²) >= 11 is 0. The van der Waals surface area contributed by atoms with Gasteiger partial charge in [0, 0.05) is 22.7 Å². The van der Waals surface area contributed by atoms with Crippen LogP contribution < -0.4 is 5.73 Å². The molecule has 0 spiro atoms. The fourth-order valence-corrected chi connectivity index (χ4v) is 6.39. The van der Waals surface area contributed by atoms with Gasteiger partial charge in [-0.1, -0.05) is 121 Å². The molecule has 0 fully saturated rings. The summed E-state index contributed by atoms with van der Waals surface area (Å²) in [4.78, 5) is 4.87. The Bertz CT molecular complexity index is 2200. The van der Waals surface area contributed by atoms with Crippen LogP contribution in [0.5, 0.6) is 0 Å². The zero-order chi connectivity index (χ0) is 28.8. The Morgan fingerprint density at radius 1 is 0.535 bits per heavy atom. The minimum atomic E-state index is -0.237.